The second-order valence-electron chi connectivity index (χ2n) is 4.35. The first-order valence-electron chi connectivity index (χ1n) is 5.17. The van der Waals surface area contributed by atoms with E-state index in [1.165, 1.54) is 0 Å². The number of hydrogen-bond donors (Lipinski definition) is 1. The first-order valence-corrected chi connectivity index (χ1v) is 5.17. The van der Waals surface area contributed by atoms with Gasteiger partial charge in [-0.2, -0.15) is 0 Å². The summed E-state index contributed by atoms with van der Waals surface area (Å²) in [4.78, 5) is 0. The lowest BCUT2D eigenvalue weighted by atomic mass is 9.88. The van der Waals surface area contributed by atoms with Crippen LogP contribution in [0, 0.1) is 12.7 Å². The molecular formula is C12H16FN. The van der Waals surface area contributed by atoms with Gasteiger partial charge >= 0.3 is 0 Å². The highest BCUT2D eigenvalue weighted by atomic mass is 19.1. The third kappa shape index (κ3) is 1.55. The Morgan fingerprint density at radius 2 is 1.93 bits per heavy atom. The number of benzene rings is 1. The summed E-state index contributed by atoms with van der Waals surface area (Å²) >= 11 is 0. The molecule has 0 saturated heterocycles. The number of halogens is 1. The van der Waals surface area contributed by atoms with Crippen LogP contribution in [0.2, 0.25) is 0 Å². The summed E-state index contributed by atoms with van der Waals surface area (Å²) in [6, 6.07) is 5.35. The summed E-state index contributed by atoms with van der Waals surface area (Å²) in [5, 5.41) is 0. The fraction of sp³-hybridized carbons (Fsp3) is 0.500. The van der Waals surface area contributed by atoms with Crippen LogP contribution in [0.3, 0.4) is 0 Å². The molecule has 1 aromatic carbocycles. The van der Waals surface area contributed by atoms with Crippen LogP contribution in [-0.4, -0.2) is 0 Å². The molecule has 2 N–H and O–H groups in total. The molecule has 1 saturated carbocycles. The van der Waals surface area contributed by atoms with E-state index in [4.69, 9.17) is 5.73 Å². The molecule has 2 heteroatoms. The maximum atomic E-state index is 13.7. The Balaban J connectivity index is 2.40. The summed E-state index contributed by atoms with van der Waals surface area (Å²) < 4.78 is 13.7. The van der Waals surface area contributed by atoms with Gasteiger partial charge in [0.05, 0.1) is 0 Å². The molecule has 0 aromatic heterocycles. The molecule has 0 atom stereocenters. The third-order valence-corrected chi connectivity index (χ3v) is 3.16. The van der Waals surface area contributed by atoms with Gasteiger partial charge in [0, 0.05) is 11.1 Å². The van der Waals surface area contributed by atoms with Gasteiger partial charge in [-0.25, -0.2) is 4.39 Å². The maximum absolute atomic E-state index is 13.7. The molecule has 0 radical (unpaired) electrons. The van der Waals surface area contributed by atoms with Crippen molar-refractivity contribution in [1.82, 2.24) is 0 Å². The Hall–Kier alpha value is -0.890. The van der Waals surface area contributed by atoms with Crippen molar-refractivity contribution in [1.29, 1.82) is 0 Å². The van der Waals surface area contributed by atoms with E-state index in [2.05, 4.69) is 0 Å². The van der Waals surface area contributed by atoms with Gasteiger partial charge in [-0.1, -0.05) is 25.0 Å². The Kier molecular flexibility index (Phi) is 2.31. The van der Waals surface area contributed by atoms with E-state index >= 15 is 0 Å². The number of rotatable bonds is 1. The van der Waals surface area contributed by atoms with Crippen molar-refractivity contribution < 1.29 is 4.39 Å². The van der Waals surface area contributed by atoms with E-state index in [9.17, 15) is 4.39 Å². The first-order chi connectivity index (χ1) is 6.62. The average molecular weight is 193 g/mol. The molecule has 0 amide bonds. The van der Waals surface area contributed by atoms with Crippen molar-refractivity contribution in [2.45, 2.75) is 38.1 Å². The Morgan fingerprint density at radius 3 is 2.50 bits per heavy atom. The number of hydrogen-bond acceptors (Lipinski definition) is 1. The van der Waals surface area contributed by atoms with Crippen molar-refractivity contribution >= 4 is 0 Å². The van der Waals surface area contributed by atoms with Crippen LogP contribution in [0.4, 0.5) is 4.39 Å². The SMILES string of the molecule is Cc1ccc(C2(N)CCCC2)c(F)c1. The van der Waals surface area contributed by atoms with E-state index in [1.807, 2.05) is 19.1 Å². The molecular weight excluding hydrogens is 177 g/mol. The molecule has 1 aliphatic rings. The summed E-state index contributed by atoms with van der Waals surface area (Å²) in [5.74, 6) is -0.144. The van der Waals surface area contributed by atoms with Crippen LogP contribution in [0.5, 0.6) is 0 Å². The average Bonchev–Trinajstić information content (AvgIpc) is 2.52. The highest BCUT2D eigenvalue weighted by Crippen LogP contribution is 2.37. The zero-order valence-corrected chi connectivity index (χ0v) is 8.52. The van der Waals surface area contributed by atoms with Crippen LogP contribution in [0.1, 0.15) is 36.8 Å². The van der Waals surface area contributed by atoms with Gasteiger partial charge in [-0.15, -0.1) is 0 Å². The Bertz CT molecular complexity index is 340. The second-order valence-corrected chi connectivity index (χ2v) is 4.35. The molecule has 1 nitrogen and oxygen atoms in total. The van der Waals surface area contributed by atoms with Crippen LogP contribution in [-0.2, 0) is 5.54 Å². The number of aryl methyl sites for hydroxylation is 1. The van der Waals surface area contributed by atoms with Gasteiger partial charge in [-0.3, -0.25) is 0 Å². The second kappa shape index (κ2) is 3.35. The molecule has 0 spiro atoms. The minimum atomic E-state index is -0.405. The quantitative estimate of drug-likeness (QED) is 0.729. The molecule has 0 aliphatic heterocycles. The fourth-order valence-electron chi connectivity index (χ4n) is 2.30. The van der Waals surface area contributed by atoms with Gasteiger partial charge in [0.25, 0.3) is 0 Å². The predicted molar refractivity (Wildman–Crippen MR) is 55.5 cm³/mol. The van der Waals surface area contributed by atoms with Gasteiger partial charge < -0.3 is 5.73 Å². The lowest BCUT2D eigenvalue weighted by molar-refractivity contribution is 0.433. The molecule has 76 valence electrons. The van der Waals surface area contributed by atoms with Gasteiger partial charge in [0.2, 0.25) is 0 Å². The van der Waals surface area contributed by atoms with Crippen molar-refractivity contribution in [3.05, 3.63) is 35.1 Å². The lowest BCUT2D eigenvalue weighted by Crippen LogP contribution is -2.34. The fourth-order valence-corrected chi connectivity index (χ4v) is 2.30. The zero-order valence-electron chi connectivity index (χ0n) is 8.52. The van der Waals surface area contributed by atoms with E-state index in [-0.39, 0.29) is 5.82 Å². The van der Waals surface area contributed by atoms with Gasteiger partial charge in [0.1, 0.15) is 5.82 Å². The van der Waals surface area contributed by atoms with Gasteiger partial charge in [-0.05, 0) is 31.4 Å². The monoisotopic (exact) mass is 193 g/mol. The number of nitrogens with two attached hydrogens (primary N) is 1. The summed E-state index contributed by atoms with van der Waals surface area (Å²) in [6.45, 7) is 1.89. The molecule has 0 heterocycles. The summed E-state index contributed by atoms with van der Waals surface area (Å²) in [7, 11) is 0. The smallest absolute Gasteiger partial charge is 0.128 e. The zero-order chi connectivity index (χ0) is 10.2. The molecule has 2 rings (SSSR count). The van der Waals surface area contributed by atoms with Crippen molar-refractivity contribution in [2.75, 3.05) is 0 Å². The van der Waals surface area contributed by atoms with Crippen LogP contribution >= 0.6 is 0 Å². The van der Waals surface area contributed by atoms with Crippen molar-refractivity contribution in [3.8, 4) is 0 Å². The van der Waals surface area contributed by atoms with Crippen LogP contribution in [0.25, 0.3) is 0 Å². The van der Waals surface area contributed by atoms with Crippen molar-refractivity contribution in [2.24, 2.45) is 5.73 Å². The molecule has 0 bridgehead atoms. The predicted octanol–water partition coefficient (Wildman–Crippen LogP) is 2.86. The highest BCUT2D eigenvalue weighted by molar-refractivity contribution is 5.30. The molecule has 1 aliphatic carbocycles. The Morgan fingerprint density at radius 1 is 1.29 bits per heavy atom. The highest BCUT2D eigenvalue weighted by Gasteiger charge is 2.33. The Labute approximate surface area is 84.1 Å². The molecule has 14 heavy (non-hydrogen) atoms. The largest absolute Gasteiger partial charge is 0.321 e. The van der Waals surface area contributed by atoms with E-state index in [0.29, 0.717) is 5.56 Å². The molecule has 0 unspecified atom stereocenters. The van der Waals surface area contributed by atoms with Gasteiger partial charge in [0.15, 0.2) is 0 Å². The third-order valence-electron chi connectivity index (χ3n) is 3.16. The summed E-state index contributed by atoms with van der Waals surface area (Å²) in [5.41, 5.74) is 7.43. The first kappa shape index (κ1) is 9.66. The van der Waals surface area contributed by atoms with E-state index in [0.717, 1.165) is 31.2 Å². The maximum Gasteiger partial charge on any atom is 0.128 e. The summed E-state index contributed by atoms with van der Waals surface area (Å²) in [6.07, 6.45) is 4.05. The molecule has 1 fully saturated rings. The minimum absolute atomic E-state index is 0.144. The van der Waals surface area contributed by atoms with E-state index in [1.54, 1.807) is 6.07 Å². The normalized spacial score (nSPS) is 19.9. The van der Waals surface area contributed by atoms with Crippen molar-refractivity contribution in [3.63, 3.8) is 0 Å². The van der Waals surface area contributed by atoms with Crippen LogP contribution in [0.15, 0.2) is 18.2 Å². The van der Waals surface area contributed by atoms with E-state index < -0.39 is 5.54 Å². The van der Waals surface area contributed by atoms with Crippen LogP contribution < -0.4 is 5.73 Å². The lowest BCUT2D eigenvalue weighted by Gasteiger charge is -2.24. The topological polar surface area (TPSA) is 26.0 Å². The minimum Gasteiger partial charge on any atom is -0.321 e. The standard InChI is InChI=1S/C12H16FN/c1-9-4-5-10(11(13)8-9)12(14)6-2-3-7-12/h4-5,8H,2-3,6-7,14H2,1H3. The molecule has 1 aromatic rings.